The van der Waals surface area contributed by atoms with Gasteiger partial charge in [0.05, 0.1) is 10.9 Å². The van der Waals surface area contributed by atoms with E-state index >= 15 is 0 Å². The number of hydrogen-bond donors (Lipinski definition) is 0. The lowest BCUT2D eigenvalue weighted by molar-refractivity contribution is -0.133. The van der Waals surface area contributed by atoms with Gasteiger partial charge in [-0.15, -0.1) is 11.3 Å². The average Bonchev–Trinajstić information content (AvgIpc) is 3.22. The molecular weight excluding hydrogens is 463 g/mol. The Morgan fingerprint density at radius 1 is 0.935 bits per heavy atom. The van der Waals surface area contributed by atoms with Gasteiger partial charge in [0, 0.05) is 58.0 Å². The average molecular weight is 487 g/mol. The molecule has 0 bridgehead atoms. The topological polar surface area (TPSA) is 64.2 Å². The van der Waals surface area contributed by atoms with Crippen LogP contribution in [0.1, 0.15) is 0 Å². The van der Waals surface area contributed by atoms with Gasteiger partial charge < -0.3 is 9.80 Å². The monoisotopic (exact) mass is 486 g/mol. The van der Waals surface area contributed by atoms with Crippen molar-refractivity contribution in [3.63, 3.8) is 0 Å². The number of carbonyl (C=O) groups excluding carboxylic acids is 1. The SMILES string of the molecule is O=C(CN1CCN(c2ccc(F)cc2)CC1)N1CCN(S(=O)(=O)c2ccc(Cl)s2)CC1. The summed E-state index contributed by atoms with van der Waals surface area (Å²) < 4.78 is 40.6. The summed E-state index contributed by atoms with van der Waals surface area (Å²) in [6, 6.07) is 9.55. The van der Waals surface area contributed by atoms with E-state index in [2.05, 4.69) is 9.80 Å². The number of hydrogen-bond acceptors (Lipinski definition) is 6. The Morgan fingerprint density at radius 2 is 1.58 bits per heavy atom. The van der Waals surface area contributed by atoms with E-state index < -0.39 is 10.0 Å². The summed E-state index contributed by atoms with van der Waals surface area (Å²) >= 11 is 6.92. The zero-order chi connectivity index (χ0) is 22.0. The highest BCUT2D eigenvalue weighted by Crippen LogP contribution is 2.28. The fraction of sp³-hybridized carbons (Fsp3) is 0.450. The van der Waals surface area contributed by atoms with Crippen molar-refractivity contribution >= 4 is 44.6 Å². The molecule has 2 fully saturated rings. The van der Waals surface area contributed by atoms with Gasteiger partial charge in [0.25, 0.3) is 10.0 Å². The minimum absolute atomic E-state index is 0.0199. The number of amides is 1. The second-order valence-corrected chi connectivity index (χ2v) is 11.5. The normalized spacial score (nSPS) is 19.0. The summed E-state index contributed by atoms with van der Waals surface area (Å²) in [5.74, 6) is -0.230. The lowest BCUT2D eigenvalue weighted by Gasteiger charge is -2.38. The highest BCUT2D eigenvalue weighted by molar-refractivity contribution is 7.91. The van der Waals surface area contributed by atoms with E-state index in [1.807, 2.05) is 0 Å². The van der Waals surface area contributed by atoms with Crippen molar-refractivity contribution in [2.24, 2.45) is 0 Å². The smallest absolute Gasteiger partial charge is 0.252 e. The van der Waals surface area contributed by atoms with Gasteiger partial charge in [-0.25, -0.2) is 12.8 Å². The molecule has 2 saturated heterocycles. The standard InChI is InChI=1S/C20H24ClFN4O3S2/c21-18-5-6-20(30-18)31(28,29)26-13-11-25(12-14-26)19(27)15-23-7-9-24(10-8-23)17-3-1-16(22)2-4-17/h1-6H,7-15H2. The molecular formula is C20H24ClFN4O3S2. The van der Waals surface area contributed by atoms with E-state index in [4.69, 9.17) is 11.6 Å². The molecule has 4 rings (SSSR count). The highest BCUT2D eigenvalue weighted by atomic mass is 35.5. The quantitative estimate of drug-likeness (QED) is 0.648. The summed E-state index contributed by atoms with van der Waals surface area (Å²) in [4.78, 5) is 18.8. The lowest BCUT2D eigenvalue weighted by atomic mass is 10.2. The van der Waals surface area contributed by atoms with Crippen molar-refractivity contribution in [1.29, 1.82) is 0 Å². The van der Waals surface area contributed by atoms with Crippen molar-refractivity contribution in [2.75, 3.05) is 63.8 Å². The number of anilines is 1. The third kappa shape index (κ3) is 5.20. The predicted molar refractivity (Wildman–Crippen MR) is 120 cm³/mol. The number of piperazine rings is 2. The van der Waals surface area contributed by atoms with Crippen molar-refractivity contribution in [3.05, 3.63) is 46.6 Å². The number of rotatable bonds is 5. The van der Waals surface area contributed by atoms with Crippen molar-refractivity contribution in [3.8, 4) is 0 Å². The Labute approximate surface area is 190 Å². The first kappa shape index (κ1) is 22.5. The van der Waals surface area contributed by atoms with Crippen LogP contribution in [0, 0.1) is 5.82 Å². The first-order chi connectivity index (χ1) is 14.8. The van der Waals surface area contributed by atoms with E-state index in [-0.39, 0.29) is 29.0 Å². The van der Waals surface area contributed by atoms with Crippen LogP contribution in [0.5, 0.6) is 0 Å². The third-order valence-corrected chi connectivity index (χ3v) is 9.25. The summed E-state index contributed by atoms with van der Waals surface area (Å²) in [7, 11) is -3.56. The molecule has 0 radical (unpaired) electrons. The van der Waals surface area contributed by atoms with E-state index in [0.29, 0.717) is 24.0 Å². The number of thiophene rings is 1. The van der Waals surface area contributed by atoms with E-state index in [1.54, 1.807) is 23.1 Å². The molecule has 11 heteroatoms. The minimum Gasteiger partial charge on any atom is -0.369 e. The van der Waals surface area contributed by atoms with Gasteiger partial charge in [-0.2, -0.15) is 4.31 Å². The highest BCUT2D eigenvalue weighted by Gasteiger charge is 2.31. The van der Waals surface area contributed by atoms with Gasteiger partial charge in [-0.1, -0.05) is 11.6 Å². The molecule has 0 spiro atoms. The van der Waals surface area contributed by atoms with E-state index in [1.165, 1.54) is 22.5 Å². The van der Waals surface area contributed by atoms with Gasteiger partial charge in [0.2, 0.25) is 5.91 Å². The second kappa shape index (κ2) is 9.41. The molecule has 0 unspecified atom stereocenters. The van der Waals surface area contributed by atoms with Crippen LogP contribution in [-0.4, -0.2) is 87.3 Å². The van der Waals surface area contributed by atoms with Crippen LogP contribution in [0.2, 0.25) is 4.34 Å². The number of nitrogens with zero attached hydrogens (tertiary/aromatic N) is 4. The maximum Gasteiger partial charge on any atom is 0.252 e. The molecule has 2 aromatic rings. The van der Waals surface area contributed by atoms with Gasteiger partial charge >= 0.3 is 0 Å². The van der Waals surface area contributed by atoms with Crippen molar-refractivity contribution < 1.29 is 17.6 Å². The first-order valence-corrected chi connectivity index (χ1v) is 12.7. The molecule has 3 heterocycles. The zero-order valence-electron chi connectivity index (χ0n) is 16.9. The molecule has 0 N–H and O–H groups in total. The molecule has 0 aliphatic carbocycles. The zero-order valence-corrected chi connectivity index (χ0v) is 19.3. The van der Waals surface area contributed by atoms with E-state index in [0.717, 1.165) is 43.2 Å². The summed E-state index contributed by atoms with van der Waals surface area (Å²) in [6.45, 7) is 4.68. The Hall–Kier alpha value is -1.72. The number of sulfonamides is 1. The molecule has 2 aliphatic rings. The molecule has 1 amide bonds. The molecule has 31 heavy (non-hydrogen) atoms. The van der Waals surface area contributed by atoms with Crippen LogP contribution in [0.15, 0.2) is 40.6 Å². The molecule has 1 aromatic heterocycles. The predicted octanol–water partition coefficient (Wildman–Crippen LogP) is 2.20. The summed E-state index contributed by atoms with van der Waals surface area (Å²) in [6.07, 6.45) is 0. The van der Waals surface area contributed by atoms with Crippen LogP contribution in [0.3, 0.4) is 0 Å². The number of benzene rings is 1. The van der Waals surface area contributed by atoms with Gasteiger partial charge in [-0.05, 0) is 36.4 Å². The fourth-order valence-corrected chi connectivity index (χ4v) is 6.91. The van der Waals surface area contributed by atoms with E-state index in [9.17, 15) is 17.6 Å². The molecule has 2 aliphatic heterocycles. The molecule has 0 saturated carbocycles. The van der Waals surface area contributed by atoms with Crippen LogP contribution in [-0.2, 0) is 14.8 Å². The maximum absolute atomic E-state index is 13.1. The van der Waals surface area contributed by atoms with Gasteiger partial charge in [-0.3, -0.25) is 9.69 Å². The molecule has 1 aromatic carbocycles. The number of carbonyl (C=O) groups is 1. The summed E-state index contributed by atoms with van der Waals surface area (Å²) in [5, 5.41) is 0. The maximum atomic E-state index is 13.1. The Morgan fingerprint density at radius 3 is 2.16 bits per heavy atom. The molecule has 7 nitrogen and oxygen atoms in total. The number of halogens is 2. The van der Waals surface area contributed by atoms with Gasteiger partial charge in [0.15, 0.2) is 0 Å². The minimum atomic E-state index is -3.56. The summed E-state index contributed by atoms with van der Waals surface area (Å²) in [5.41, 5.74) is 0.983. The van der Waals surface area contributed by atoms with Crippen LogP contribution in [0.25, 0.3) is 0 Å². The van der Waals surface area contributed by atoms with Crippen LogP contribution < -0.4 is 4.90 Å². The van der Waals surface area contributed by atoms with Crippen molar-refractivity contribution in [1.82, 2.24) is 14.1 Å². The Bertz CT molecular complexity index is 1020. The molecule has 168 valence electrons. The third-order valence-electron chi connectivity index (χ3n) is 5.66. The largest absolute Gasteiger partial charge is 0.369 e. The Balaban J connectivity index is 1.25. The molecule has 0 atom stereocenters. The first-order valence-electron chi connectivity index (χ1n) is 10.1. The van der Waals surface area contributed by atoms with Crippen LogP contribution in [0.4, 0.5) is 10.1 Å². The fourth-order valence-electron chi connectivity index (χ4n) is 3.85. The van der Waals surface area contributed by atoms with Crippen molar-refractivity contribution in [2.45, 2.75) is 4.21 Å². The Kier molecular flexibility index (Phi) is 6.83. The lowest BCUT2D eigenvalue weighted by Crippen LogP contribution is -2.54. The van der Waals surface area contributed by atoms with Crippen LogP contribution >= 0.6 is 22.9 Å². The second-order valence-electron chi connectivity index (χ2n) is 7.58. The van der Waals surface area contributed by atoms with Gasteiger partial charge in [0.1, 0.15) is 10.0 Å².